The number of halogens is 3. The van der Waals surface area contributed by atoms with Crippen molar-refractivity contribution in [3.63, 3.8) is 0 Å². The highest BCUT2D eigenvalue weighted by atomic mass is 35.5. The van der Waals surface area contributed by atoms with Gasteiger partial charge in [-0.3, -0.25) is 4.79 Å². The lowest BCUT2D eigenvalue weighted by molar-refractivity contribution is 0.0937. The Morgan fingerprint density at radius 2 is 2.11 bits per heavy atom. The first-order valence-electron chi connectivity index (χ1n) is 5.76. The molecule has 0 spiro atoms. The molecule has 1 N–H and O–H groups in total. The predicted molar refractivity (Wildman–Crippen MR) is 72.8 cm³/mol. The highest BCUT2D eigenvalue weighted by molar-refractivity contribution is 6.33. The Balaban J connectivity index is 2.74. The van der Waals surface area contributed by atoms with Crippen LogP contribution in [0.5, 0.6) is 0 Å². The smallest absolute Gasteiger partial charge is 0.253 e. The molecule has 0 saturated heterocycles. The molecule has 1 atom stereocenters. The molecule has 2 nitrogen and oxygen atoms in total. The Kier molecular flexibility index (Phi) is 5.89. The van der Waals surface area contributed by atoms with Crippen LogP contribution in [0.15, 0.2) is 18.2 Å². The van der Waals surface area contributed by atoms with Gasteiger partial charge in [0, 0.05) is 11.9 Å². The van der Waals surface area contributed by atoms with Gasteiger partial charge in [0.2, 0.25) is 0 Å². The maximum atomic E-state index is 12.9. The lowest BCUT2D eigenvalue weighted by Gasteiger charge is -2.18. The molecule has 1 amide bonds. The molecule has 1 aromatic carbocycles. The van der Waals surface area contributed by atoms with E-state index in [0.29, 0.717) is 11.8 Å². The Morgan fingerprint density at radius 1 is 1.44 bits per heavy atom. The first-order chi connectivity index (χ1) is 8.43. The van der Waals surface area contributed by atoms with Crippen molar-refractivity contribution < 1.29 is 9.18 Å². The SMILES string of the molecule is CC(C)CC(CCl)NC(=O)c1ccc(F)cc1Cl. The quantitative estimate of drug-likeness (QED) is 0.820. The van der Waals surface area contributed by atoms with Crippen LogP contribution in [-0.4, -0.2) is 17.8 Å². The second-order valence-electron chi connectivity index (χ2n) is 4.58. The zero-order chi connectivity index (χ0) is 13.7. The maximum absolute atomic E-state index is 12.9. The van der Waals surface area contributed by atoms with Crippen molar-refractivity contribution in [1.82, 2.24) is 5.32 Å². The van der Waals surface area contributed by atoms with Crippen LogP contribution in [0.1, 0.15) is 30.6 Å². The van der Waals surface area contributed by atoms with Crippen LogP contribution in [0.25, 0.3) is 0 Å². The molecule has 0 radical (unpaired) electrons. The lowest BCUT2D eigenvalue weighted by Crippen LogP contribution is -2.37. The molecule has 100 valence electrons. The van der Waals surface area contributed by atoms with Crippen molar-refractivity contribution in [2.24, 2.45) is 5.92 Å². The average molecular weight is 292 g/mol. The Labute approximate surface area is 116 Å². The van der Waals surface area contributed by atoms with Crippen LogP contribution in [0.3, 0.4) is 0 Å². The summed E-state index contributed by atoms with van der Waals surface area (Å²) in [6.45, 7) is 4.10. The van der Waals surface area contributed by atoms with Gasteiger partial charge in [-0.15, -0.1) is 11.6 Å². The lowest BCUT2D eigenvalue weighted by atomic mass is 10.0. The molecule has 0 aromatic heterocycles. The monoisotopic (exact) mass is 291 g/mol. The molecule has 1 unspecified atom stereocenters. The number of benzene rings is 1. The number of carbonyl (C=O) groups is 1. The van der Waals surface area contributed by atoms with Gasteiger partial charge in [0.1, 0.15) is 5.82 Å². The molecular formula is C13H16Cl2FNO. The number of amides is 1. The average Bonchev–Trinajstić information content (AvgIpc) is 2.27. The molecule has 0 saturated carbocycles. The van der Waals surface area contributed by atoms with E-state index in [1.54, 1.807) is 0 Å². The zero-order valence-corrected chi connectivity index (χ0v) is 11.9. The number of carbonyl (C=O) groups excluding carboxylic acids is 1. The zero-order valence-electron chi connectivity index (χ0n) is 10.3. The van der Waals surface area contributed by atoms with E-state index in [9.17, 15) is 9.18 Å². The van der Waals surface area contributed by atoms with Crippen LogP contribution in [0.2, 0.25) is 5.02 Å². The standard InChI is InChI=1S/C13H16Cl2FNO/c1-8(2)5-10(7-14)17-13(18)11-4-3-9(16)6-12(11)15/h3-4,6,8,10H,5,7H2,1-2H3,(H,17,18). The highest BCUT2D eigenvalue weighted by Gasteiger charge is 2.16. The Morgan fingerprint density at radius 3 is 2.61 bits per heavy atom. The van der Waals surface area contributed by atoms with E-state index in [4.69, 9.17) is 23.2 Å². The van der Waals surface area contributed by atoms with Gasteiger partial charge in [0.05, 0.1) is 10.6 Å². The number of rotatable bonds is 5. The fraction of sp³-hybridized carbons (Fsp3) is 0.462. The van der Waals surface area contributed by atoms with Crippen molar-refractivity contribution in [2.45, 2.75) is 26.3 Å². The summed E-state index contributed by atoms with van der Waals surface area (Å²) in [5, 5.41) is 2.90. The largest absolute Gasteiger partial charge is 0.348 e. The molecule has 18 heavy (non-hydrogen) atoms. The third-order valence-electron chi connectivity index (χ3n) is 2.45. The van der Waals surface area contributed by atoms with E-state index < -0.39 is 5.82 Å². The minimum atomic E-state index is -0.465. The van der Waals surface area contributed by atoms with Gasteiger partial charge in [0.25, 0.3) is 5.91 Å². The molecule has 0 aliphatic carbocycles. The number of nitrogens with one attached hydrogen (secondary N) is 1. The predicted octanol–water partition coefficient (Wildman–Crippen LogP) is 3.86. The molecule has 0 fully saturated rings. The van der Waals surface area contributed by atoms with Gasteiger partial charge in [-0.05, 0) is 30.5 Å². The van der Waals surface area contributed by atoms with Crippen LogP contribution in [-0.2, 0) is 0 Å². The van der Waals surface area contributed by atoms with E-state index >= 15 is 0 Å². The Hall–Kier alpha value is -0.800. The van der Waals surface area contributed by atoms with E-state index in [0.717, 1.165) is 12.5 Å². The summed E-state index contributed by atoms with van der Waals surface area (Å²) in [6.07, 6.45) is 0.786. The molecule has 5 heteroatoms. The van der Waals surface area contributed by atoms with Gasteiger partial charge in [-0.1, -0.05) is 25.4 Å². The minimum absolute atomic E-state index is 0.102. The second-order valence-corrected chi connectivity index (χ2v) is 5.29. The van der Waals surface area contributed by atoms with Crippen LogP contribution < -0.4 is 5.32 Å². The summed E-state index contributed by atoms with van der Waals surface area (Å²) in [5.41, 5.74) is 0.261. The molecule has 0 heterocycles. The topological polar surface area (TPSA) is 29.1 Å². The van der Waals surface area contributed by atoms with Crippen molar-refractivity contribution in [2.75, 3.05) is 5.88 Å². The summed E-state index contributed by atoms with van der Waals surface area (Å²) < 4.78 is 12.9. The van der Waals surface area contributed by atoms with Gasteiger partial charge in [-0.25, -0.2) is 4.39 Å². The van der Waals surface area contributed by atoms with Gasteiger partial charge < -0.3 is 5.32 Å². The highest BCUT2D eigenvalue weighted by Crippen LogP contribution is 2.17. The normalized spacial score (nSPS) is 12.6. The van der Waals surface area contributed by atoms with Crippen molar-refractivity contribution in [3.8, 4) is 0 Å². The third-order valence-corrected chi connectivity index (χ3v) is 3.14. The third kappa shape index (κ3) is 4.46. The summed E-state index contributed by atoms with van der Waals surface area (Å²) >= 11 is 11.6. The molecule has 0 bridgehead atoms. The fourth-order valence-electron chi connectivity index (χ4n) is 1.67. The van der Waals surface area contributed by atoms with Gasteiger partial charge >= 0.3 is 0 Å². The summed E-state index contributed by atoms with van der Waals surface area (Å²) in [5.74, 6) is -0.0282. The van der Waals surface area contributed by atoms with Crippen LogP contribution >= 0.6 is 23.2 Å². The minimum Gasteiger partial charge on any atom is -0.348 e. The number of alkyl halides is 1. The van der Waals surface area contributed by atoms with E-state index in [1.807, 2.05) is 0 Å². The summed E-state index contributed by atoms with van der Waals surface area (Å²) in [7, 11) is 0. The van der Waals surface area contributed by atoms with Crippen LogP contribution in [0.4, 0.5) is 4.39 Å². The van der Waals surface area contributed by atoms with E-state index in [-0.39, 0.29) is 22.5 Å². The number of hydrogen-bond donors (Lipinski definition) is 1. The van der Waals surface area contributed by atoms with E-state index in [2.05, 4.69) is 19.2 Å². The molecule has 1 aromatic rings. The van der Waals surface area contributed by atoms with Crippen LogP contribution in [0, 0.1) is 11.7 Å². The maximum Gasteiger partial charge on any atom is 0.253 e. The first kappa shape index (κ1) is 15.3. The Bertz CT molecular complexity index is 423. The molecular weight excluding hydrogens is 276 g/mol. The first-order valence-corrected chi connectivity index (χ1v) is 6.67. The van der Waals surface area contributed by atoms with Crippen molar-refractivity contribution >= 4 is 29.1 Å². The van der Waals surface area contributed by atoms with Crippen molar-refractivity contribution in [3.05, 3.63) is 34.6 Å². The summed E-state index contributed by atoms with van der Waals surface area (Å²) in [4.78, 5) is 12.0. The molecule has 0 aliphatic heterocycles. The molecule has 0 aliphatic rings. The fourth-order valence-corrected chi connectivity index (χ4v) is 2.12. The molecule has 1 rings (SSSR count). The van der Waals surface area contributed by atoms with Gasteiger partial charge in [0.15, 0.2) is 0 Å². The van der Waals surface area contributed by atoms with Gasteiger partial charge in [-0.2, -0.15) is 0 Å². The second kappa shape index (κ2) is 6.95. The van der Waals surface area contributed by atoms with E-state index in [1.165, 1.54) is 12.1 Å². The van der Waals surface area contributed by atoms with Crippen molar-refractivity contribution in [1.29, 1.82) is 0 Å². The number of hydrogen-bond acceptors (Lipinski definition) is 1. The summed E-state index contributed by atoms with van der Waals surface area (Å²) in [6, 6.07) is 3.58.